The van der Waals surface area contributed by atoms with Crippen molar-refractivity contribution in [2.75, 3.05) is 17.3 Å². The normalized spacial score (nSPS) is 12.3. The Hall–Kier alpha value is -1.62. The van der Waals surface area contributed by atoms with Crippen LogP contribution in [0.1, 0.15) is 6.42 Å². The van der Waals surface area contributed by atoms with Crippen LogP contribution < -0.4 is 11.1 Å². The number of nitrogens with zero attached hydrogens (tertiary/aromatic N) is 1. The van der Waals surface area contributed by atoms with E-state index in [2.05, 4.69) is 10.3 Å². The van der Waals surface area contributed by atoms with E-state index in [9.17, 15) is 22.0 Å². The zero-order valence-corrected chi connectivity index (χ0v) is 15.5. The molecular formula is C14H16ClF2N3O3S2. The minimum atomic E-state index is -3.22. The summed E-state index contributed by atoms with van der Waals surface area (Å²) in [6.45, 7) is 0. The number of benzene rings is 1. The highest BCUT2D eigenvalue weighted by Gasteiger charge is 2.19. The lowest BCUT2D eigenvalue weighted by molar-refractivity contribution is -0.117. The molecule has 0 aliphatic heterocycles. The number of aromatic nitrogens is 1. The van der Waals surface area contributed by atoms with E-state index in [1.54, 1.807) is 0 Å². The second kappa shape index (κ2) is 8.65. The van der Waals surface area contributed by atoms with Crippen LogP contribution in [0.3, 0.4) is 0 Å². The van der Waals surface area contributed by atoms with Crippen molar-refractivity contribution in [1.29, 1.82) is 0 Å². The van der Waals surface area contributed by atoms with E-state index >= 15 is 0 Å². The first-order valence-corrected chi connectivity index (χ1v) is 9.75. The average molecular weight is 412 g/mol. The van der Waals surface area contributed by atoms with Crippen LogP contribution >= 0.6 is 23.7 Å². The van der Waals surface area contributed by atoms with Crippen LogP contribution in [0.15, 0.2) is 23.6 Å². The summed E-state index contributed by atoms with van der Waals surface area (Å²) in [5.74, 6) is -2.36. The predicted molar refractivity (Wildman–Crippen MR) is 95.6 cm³/mol. The first-order chi connectivity index (χ1) is 11.2. The zero-order valence-electron chi connectivity index (χ0n) is 13.0. The smallest absolute Gasteiger partial charge is 0.243 e. The van der Waals surface area contributed by atoms with Gasteiger partial charge in [-0.2, -0.15) is 0 Å². The Morgan fingerprint density at radius 2 is 1.96 bits per heavy atom. The van der Waals surface area contributed by atoms with Gasteiger partial charge in [-0.1, -0.05) is 6.07 Å². The van der Waals surface area contributed by atoms with Gasteiger partial charge in [-0.05, 0) is 18.6 Å². The number of nitrogens with one attached hydrogen (secondary N) is 1. The van der Waals surface area contributed by atoms with Crippen molar-refractivity contribution in [1.82, 2.24) is 4.98 Å². The van der Waals surface area contributed by atoms with E-state index in [1.807, 2.05) is 0 Å². The van der Waals surface area contributed by atoms with Crippen LogP contribution in [-0.4, -0.2) is 37.4 Å². The van der Waals surface area contributed by atoms with E-state index in [1.165, 1.54) is 11.4 Å². The monoisotopic (exact) mass is 411 g/mol. The highest BCUT2D eigenvalue weighted by molar-refractivity contribution is 7.90. The van der Waals surface area contributed by atoms with E-state index in [-0.39, 0.29) is 41.0 Å². The molecule has 1 aromatic carbocycles. The van der Waals surface area contributed by atoms with Crippen molar-refractivity contribution in [3.05, 3.63) is 35.2 Å². The largest absolute Gasteiger partial charge is 0.320 e. The summed E-state index contributed by atoms with van der Waals surface area (Å²) in [5, 5.41) is 3.93. The lowest BCUT2D eigenvalue weighted by Crippen LogP contribution is -2.37. The highest BCUT2D eigenvalue weighted by Crippen LogP contribution is 2.29. The third-order valence-corrected chi connectivity index (χ3v) is 4.82. The second-order valence-electron chi connectivity index (χ2n) is 5.15. The number of halogens is 3. The average Bonchev–Trinajstić information content (AvgIpc) is 2.92. The third-order valence-electron chi connectivity index (χ3n) is 3.09. The summed E-state index contributed by atoms with van der Waals surface area (Å²) in [4.78, 5) is 15.9. The molecule has 25 heavy (non-hydrogen) atoms. The van der Waals surface area contributed by atoms with E-state index in [4.69, 9.17) is 5.73 Å². The Labute approximate surface area is 153 Å². The minimum absolute atomic E-state index is 0. The second-order valence-corrected chi connectivity index (χ2v) is 8.27. The molecule has 11 heteroatoms. The van der Waals surface area contributed by atoms with E-state index in [0.29, 0.717) is 0 Å². The summed E-state index contributed by atoms with van der Waals surface area (Å²) in [7, 11) is -3.22. The van der Waals surface area contributed by atoms with Gasteiger partial charge in [0.2, 0.25) is 5.91 Å². The summed E-state index contributed by atoms with van der Waals surface area (Å²) >= 11 is 0.981. The van der Waals surface area contributed by atoms with E-state index < -0.39 is 33.4 Å². The van der Waals surface area contributed by atoms with Crippen LogP contribution in [0.4, 0.5) is 13.9 Å². The van der Waals surface area contributed by atoms with Crippen LogP contribution in [0, 0.1) is 11.6 Å². The topological polar surface area (TPSA) is 102 Å². The van der Waals surface area contributed by atoms with Crippen molar-refractivity contribution in [3.63, 3.8) is 0 Å². The molecule has 0 fully saturated rings. The first kappa shape index (κ1) is 21.4. The van der Waals surface area contributed by atoms with Gasteiger partial charge in [0.25, 0.3) is 0 Å². The number of amides is 1. The number of rotatable bonds is 6. The van der Waals surface area contributed by atoms with Gasteiger partial charge in [0, 0.05) is 11.6 Å². The van der Waals surface area contributed by atoms with Gasteiger partial charge in [-0.15, -0.1) is 23.7 Å². The van der Waals surface area contributed by atoms with Crippen molar-refractivity contribution < 1.29 is 22.0 Å². The molecule has 3 N–H and O–H groups in total. The van der Waals surface area contributed by atoms with Gasteiger partial charge in [0.1, 0.15) is 21.5 Å². The van der Waals surface area contributed by atoms with Gasteiger partial charge < -0.3 is 11.1 Å². The molecule has 2 aromatic rings. The Kier molecular flexibility index (Phi) is 7.42. The summed E-state index contributed by atoms with van der Waals surface area (Å²) < 4.78 is 49.6. The molecule has 0 saturated carbocycles. The Bertz CT molecular complexity index is 839. The van der Waals surface area contributed by atoms with Gasteiger partial charge in [-0.3, -0.25) is 4.79 Å². The number of thiazole rings is 1. The zero-order chi connectivity index (χ0) is 17.9. The lowest BCUT2D eigenvalue weighted by atomic mass is 10.1. The third kappa shape index (κ3) is 5.99. The van der Waals surface area contributed by atoms with Crippen molar-refractivity contribution in [2.24, 2.45) is 5.73 Å². The lowest BCUT2D eigenvalue weighted by Gasteiger charge is -2.09. The number of anilines is 1. The molecule has 0 aliphatic rings. The summed E-state index contributed by atoms with van der Waals surface area (Å²) in [5.41, 5.74) is 5.39. The molecule has 0 saturated heterocycles. The van der Waals surface area contributed by atoms with Crippen molar-refractivity contribution in [2.45, 2.75) is 12.5 Å². The fourth-order valence-electron chi connectivity index (χ4n) is 1.86. The minimum Gasteiger partial charge on any atom is -0.320 e. The first-order valence-electron chi connectivity index (χ1n) is 6.81. The Morgan fingerprint density at radius 1 is 1.36 bits per heavy atom. The van der Waals surface area contributed by atoms with Gasteiger partial charge >= 0.3 is 0 Å². The summed E-state index contributed by atoms with van der Waals surface area (Å²) in [6, 6.07) is 2.43. The fraction of sp³-hybridized carbons (Fsp3) is 0.286. The molecule has 6 nitrogen and oxygen atoms in total. The van der Waals surface area contributed by atoms with Crippen LogP contribution in [0.2, 0.25) is 0 Å². The molecule has 0 aliphatic carbocycles. The molecule has 0 radical (unpaired) electrons. The van der Waals surface area contributed by atoms with Crippen LogP contribution in [0.25, 0.3) is 11.3 Å². The van der Waals surface area contributed by atoms with Gasteiger partial charge in [0.05, 0.1) is 23.1 Å². The number of carbonyl (C=O) groups excluding carboxylic acids is 1. The van der Waals surface area contributed by atoms with Crippen molar-refractivity contribution in [3.8, 4) is 11.3 Å². The maximum Gasteiger partial charge on any atom is 0.243 e. The quantitative estimate of drug-likeness (QED) is 0.758. The molecular weight excluding hydrogens is 396 g/mol. The Morgan fingerprint density at radius 3 is 2.52 bits per heavy atom. The molecule has 1 atom stereocenters. The number of nitrogens with two attached hydrogens (primary N) is 1. The number of carbonyl (C=O) groups is 1. The number of sulfone groups is 1. The van der Waals surface area contributed by atoms with Crippen LogP contribution in [-0.2, 0) is 14.6 Å². The Balaban J connectivity index is 0.00000312. The number of hydrogen-bond donors (Lipinski definition) is 2. The molecule has 1 aromatic heterocycles. The maximum atomic E-state index is 13.7. The molecule has 2 rings (SSSR count). The van der Waals surface area contributed by atoms with E-state index in [0.717, 1.165) is 29.7 Å². The van der Waals surface area contributed by atoms with Gasteiger partial charge in [0.15, 0.2) is 5.13 Å². The summed E-state index contributed by atoms with van der Waals surface area (Å²) in [6.07, 6.45) is 1.01. The highest BCUT2D eigenvalue weighted by atomic mass is 35.5. The van der Waals surface area contributed by atoms with Gasteiger partial charge in [-0.25, -0.2) is 22.2 Å². The molecule has 1 unspecified atom stereocenters. The molecule has 1 heterocycles. The molecule has 0 bridgehead atoms. The molecule has 0 spiro atoms. The standard InChI is InChI=1S/C14H15F2N3O3S2.ClH/c1-24(21,22)6-5-10(17)13(20)19-14-18-11(7-23-14)12-8(15)3-2-4-9(12)16;/h2-4,7,10H,5-6,17H2,1H3,(H,18,19,20);1H. The number of hydrogen-bond acceptors (Lipinski definition) is 6. The fourth-order valence-corrected chi connectivity index (χ4v) is 3.25. The molecule has 1 amide bonds. The van der Waals surface area contributed by atoms with Crippen LogP contribution in [0.5, 0.6) is 0 Å². The van der Waals surface area contributed by atoms with Crippen molar-refractivity contribution >= 4 is 44.6 Å². The maximum absolute atomic E-state index is 13.7. The molecule has 138 valence electrons. The SMILES string of the molecule is CS(=O)(=O)CCC(N)C(=O)Nc1nc(-c2c(F)cccc2F)cs1.Cl. The predicted octanol–water partition coefficient (Wildman–Crippen LogP) is 2.21.